The maximum atomic E-state index is 12.9. The number of nitrogens with two attached hydrogens (primary N) is 1. The predicted molar refractivity (Wildman–Crippen MR) is 67.4 cm³/mol. The Kier molecular flexibility index (Phi) is 3.56. The van der Waals surface area contributed by atoms with Gasteiger partial charge in [-0.15, -0.1) is 0 Å². The van der Waals surface area contributed by atoms with Gasteiger partial charge in [-0.1, -0.05) is 13.0 Å². The lowest BCUT2D eigenvalue weighted by molar-refractivity contribution is 0.443. The fourth-order valence-electron chi connectivity index (χ4n) is 2.00. The maximum Gasteiger partial charge on any atom is 0.282 e. The molecule has 7 heteroatoms. The lowest BCUT2D eigenvalue weighted by Crippen LogP contribution is -2.32. The molecule has 5 nitrogen and oxygen atoms in total. The number of benzene rings is 1. The standard InChI is InChI=1S/C11H16FN3O2S/c1-2-14-5-6-15(18(14,16)17)8-9-3-4-10(12)7-11(9)13/h3-4,7H,2,5-6,8,13H2,1H3. The second-order valence-corrected chi connectivity index (χ2v) is 6.10. The van der Waals surface area contributed by atoms with Crippen molar-refractivity contribution in [3.05, 3.63) is 29.6 Å². The molecule has 0 amide bonds. The summed E-state index contributed by atoms with van der Waals surface area (Å²) in [5.74, 6) is -0.421. The molecule has 1 saturated heterocycles. The van der Waals surface area contributed by atoms with Crippen LogP contribution in [-0.2, 0) is 16.8 Å². The van der Waals surface area contributed by atoms with Crippen LogP contribution in [0.3, 0.4) is 0 Å². The Morgan fingerprint density at radius 3 is 2.56 bits per heavy atom. The Bertz CT molecular complexity index is 547. The Morgan fingerprint density at radius 2 is 2.00 bits per heavy atom. The molecule has 1 fully saturated rings. The van der Waals surface area contributed by atoms with E-state index < -0.39 is 16.0 Å². The normalized spacial score (nSPS) is 20.3. The molecule has 0 saturated carbocycles. The van der Waals surface area contributed by atoms with Crippen LogP contribution in [0.1, 0.15) is 12.5 Å². The fourth-order valence-corrected chi connectivity index (χ4v) is 3.58. The third-order valence-corrected chi connectivity index (χ3v) is 5.12. The molecular formula is C11H16FN3O2S. The van der Waals surface area contributed by atoms with Crippen LogP contribution < -0.4 is 5.73 Å². The van der Waals surface area contributed by atoms with E-state index in [2.05, 4.69) is 0 Å². The van der Waals surface area contributed by atoms with Crippen molar-refractivity contribution in [2.24, 2.45) is 0 Å². The highest BCUT2D eigenvalue weighted by Gasteiger charge is 2.35. The minimum Gasteiger partial charge on any atom is -0.398 e. The summed E-state index contributed by atoms with van der Waals surface area (Å²) in [5.41, 5.74) is 6.58. The van der Waals surface area contributed by atoms with E-state index in [1.807, 2.05) is 0 Å². The van der Waals surface area contributed by atoms with Crippen molar-refractivity contribution < 1.29 is 12.8 Å². The molecule has 1 aliphatic rings. The van der Waals surface area contributed by atoms with Gasteiger partial charge >= 0.3 is 0 Å². The van der Waals surface area contributed by atoms with Crippen molar-refractivity contribution >= 4 is 15.9 Å². The Labute approximate surface area is 106 Å². The zero-order chi connectivity index (χ0) is 13.3. The van der Waals surface area contributed by atoms with Gasteiger partial charge in [0.25, 0.3) is 10.2 Å². The van der Waals surface area contributed by atoms with E-state index in [4.69, 9.17) is 5.73 Å². The summed E-state index contributed by atoms with van der Waals surface area (Å²) in [5, 5.41) is 0. The van der Waals surface area contributed by atoms with E-state index in [1.165, 1.54) is 26.8 Å². The molecule has 1 heterocycles. The van der Waals surface area contributed by atoms with Gasteiger partial charge in [0.05, 0.1) is 0 Å². The van der Waals surface area contributed by atoms with Gasteiger partial charge in [-0.05, 0) is 17.7 Å². The van der Waals surface area contributed by atoms with E-state index in [-0.39, 0.29) is 12.2 Å². The Hall–Kier alpha value is -1.18. The number of hydrogen-bond donors (Lipinski definition) is 1. The molecule has 0 unspecified atom stereocenters. The molecule has 0 atom stereocenters. The lowest BCUT2D eigenvalue weighted by Gasteiger charge is -2.18. The average molecular weight is 273 g/mol. The molecule has 0 radical (unpaired) electrons. The minimum atomic E-state index is -3.39. The fraction of sp³-hybridized carbons (Fsp3) is 0.455. The van der Waals surface area contributed by atoms with E-state index >= 15 is 0 Å². The highest BCUT2D eigenvalue weighted by atomic mass is 32.2. The van der Waals surface area contributed by atoms with Crippen molar-refractivity contribution in [2.75, 3.05) is 25.4 Å². The smallest absolute Gasteiger partial charge is 0.282 e. The summed E-state index contributed by atoms with van der Waals surface area (Å²) in [6, 6.07) is 4.01. The molecule has 2 rings (SSSR count). The van der Waals surface area contributed by atoms with Crippen LogP contribution in [-0.4, -0.2) is 36.7 Å². The first-order chi connectivity index (χ1) is 8.45. The summed E-state index contributed by atoms with van der Waals surface area (Å²) in [6.07, 6.45) is 0. The van der Waals surface area contributed by atoms with E-state index in [0.29, 0.717) is 25.2 Å². The third kappa shape index (κ3) is 2.33. The first kappa shape index (κ1) is 13.3. The number of hydrogen-bond acceptors (Lipinski definition) is 3. The number of halogens is 1. The topological polar surface area (TPSA) is 66.6 Å². The second kappa shape index (κ2) is 4.83. The first-order valence-electron chi connectivity index (χ1n) is 5.74. The predicted octanol–water partition coefficient (Wildman–Crippen LogP) is 0.790. The number of anilines is 1. The molecular weight excluding hydrogens is 257 g/mol. The molecule has 18 heavy (non-hydrogen) atoms. The lowest BCUT2D eigenvalue weighted by atomic mass is 10.2. The zero-order valence-electron chi connectivity index (χ0n) is 10.1. The Balaban J connectivity index is 2.20. The zero-order valence-corrected chi connectivity index (χ0v) is 11.0. The van der Waals surface area contributed by atoms with Crippen LogP contribution >= 0.6 is 0 Å². The van der Waals surface area contributed by atoms with E-state index in [0.717, 1.165) is 0 Å². The molecule has 100 valence electrons. The van der Waals surface area contributed by atoms with Crippen LogP contribution in [0.4, 0.5) is 10.1 Å². The second-order valence-electron chi connectivity index (χ2n) is 4.18. The van der Waals surface area contributed by atoms with Crippen molar-refractivity contribution in [1.29, 1.82) is 0 Å². The summed E-state index contributed by atoms with van der Waals surface area (Å²) < 4.78 is 39.8. The molecule has 1 aromatic carbocycles. The van der Waals surface area contributed by atoms with E-state index in [1.54, 1.807) is 6.92 Å². The molecule has 2 N–H and O–H groups in total. The van der Waals surface area contributed by atoms with Gasteiger partial charge in [-0.2, -0.15) is 17.0 Å². The monoisotopic (exact) mass is 273 g/mol. The van der Waals surface area contributed by atoms with Crippen LogP contribution in [0.15, 0.2) is 18.2 Å². The third-order valence-electron chi connectivity index (χ3n) is 3.06. The van der Waals surface area contributed by atoms with Gasteiger partial charge in [0.1, 0.15) is 5.82 Å². The van der Waals surface area contributed by atoms with Crippen molar-refractivity contribution in [2.45, 2.75) is 13.5 Å². The van der Waals surface area contributed by atoms with Gasteiger partial charge in [0.2, 0.25) is 0 Å². The molecule has 0 aromatic heterocycles. The van der Waals surface area contributed by atoms with Crippen molar-refractivity contribution in [1.82, 2.24) is 8.61 Å². The Morgan fingerprint density at radius 1 is 1.33 bits per heavy atom. The largest absolute Gasteiger partial charge is 0.398 e. The van der Waals surface area contributed by atoms with Crippen molar-refractivity contribution in [3.63, 3.8) is 0 Å². The van der Waals surface area contributed by atoms with Crippen LogP contribution in [0, 0.1) is 5.82 Å². The summed E-state index contributed by atoms with van der Waals surface area (Å²) in [7, 11) is -3.39. The number of nitrogen functional groups attached to an aromatic ring is 1. The van der Waals surface area contributed by atoms with Gasteiger partial charge in [-0.3, -0.25) is 0 Å². The number of likely N-dealkylation sites (N-methyl/N-ethyl adjacent to an activating group) is 1. The highest BCUT2D eigenvalue weighted by Crippen LogP contribution is 2.22. The van der Waals surface area contributed by atoms with Crippen molar-refractivity contribution in [3.8, 4) is 0 Å². The van der Waals surface area contributed by atoms with Crippen LogP contribution in [0.2, 0.25) is 0 Å². The quantitative estimate of drug-likeness (QED) is 0.828. The van der Waals surface area contributed by atoms with Gasteiger partial charge in [0, 0.05) is 31.9 Å². The van der Waals surface area contributed by atoms with Crippen LogP contribution in [0.25, 0.3) is 0 Å². The molecule has 1 aromatic rings. The van der Waals surface area contributed by atoms with Gasteiger partial charge in [0.15, 0.2) is 0 Å². The maximum absolute atomic E-state index is 12.9. The van der Waals surface area contributed by atoms with E-state index in [9.17, 15) is 12.8 Å². The van der Waals surface area contributed by atoms with Gasteiger partial charge in [-0.25, -0.2) is 4.39 Å². The molecule has 0 spiro atoms. The highest BCUT2D eigenvalue weighted by molar-refractivity contribution is 7.87. The summed E-state index contributed by atoms with van der Waals surface area (Å²) in [4.78, 5) is 0. The minimum absolute atomic E-state index is 0.185. The summed E-state index contributed by atoms with van der Waals surface area (Å²) >= 11 is 0. The average Bonchev–Trinajstić information content (AvgIpc) is 2.57. The molecule has 0 bridgehead atoms. The van der Waals surface area contributed by atoms with Crippen LogP contribution in [0.5, 0.6) is 0 Å². The SMILES string of the molecule is CCN1CCN(Cc2ccc(F)cc2N)S1(=O)=O. The number of rotatable bonds is 3. The van der Waals surface area contributed by atoms with Gasteiger partial charge < -0.3 is 5.73 Å². The number of nitrogens with zero attached hydrogens (tertiary/aromatic N) is 2. The molecule has 1 aliphatic heterocycles. The summed E-state index contributed by atoms with van der Waals surface area (Å²) in [6.45, 7) is 3.36. The first-order valence-corrected chi connectivity index (χ1v) is 7.14. The molecule has 0 aliphatic carbocycles.